The van der Waals surface area contributed by atoms with Gasteiger partial charge in [-0.3, -0.25) is 8.37 Å². The third-order valence-electron chi connectivity index (χ3n) is 4.23. The van der Waals surface area contributed by atoms with E-state index in [1.807, 2.05) is 13.8 Å². The average molecular weight is 445 g/mol. The van der Waals surface area contributed by atoms with Gasteiger partial charge in [-0.15, -0.1) is 0 Å². The summed E-state index contributed by atoms with van der Waals surface area (Å²) in [6, 6.07) is 12.2. The highest BCUT2D eigenvalue weighted by molar-refractivity contribution is 7.87. The Labute approximate surface area is 171 Å². The molecule has 0 fully saturated rings. The van der Waals surface area contributed by atoms with E-state index in [0.29, 0.717) is 0 Å². The van der Waals surface area contributed by atoms with Crippen LogP contribution in [0.2, 0.25) is 0 Å². The lowest BCUT2D eigenvalue weighted by atomic mass is 10.2. The number of rotatable bonds is 10. The Hall–Kier alpha value is -1.82. The first-order valence-corrected chi connectivity index (χ1v) is 11.4. The first-order valence-electron chi connectivity index (χ1n) is 8.56. The zero-order valence-corrected chi connectivity index (χ0v) is 18.2. The molecule has 0 heterocycles. The Morgan fingerprint density at radius 2 is 0.966 bits per heavy atom. The largest absolute Gasteiger partial charge is 0.349 e. The number of aryl methyl sites for hydroxylation is 2. The maximum Gasteiger partial charge on any atom is 0.297 e. The quantitative estimate of drug-likeness (QED) is 0.406. The van der Waals surface area contributed by atoms with Gasteiger partial charge in [-0.2, -0.15) is 16.8 Å². The van der Waals surface area contributed by atoms with Crippen molar-refractivity contribution in [3.05, 3.63) is 59.7 Å². The van der Waals surface area contributed by atoms with Crippen molar-refractivity contribution in [2.75, 3.05) is 27.4 Å². The maximum absolute atomic E-state index is 12.4. The molecule has 0 amide bonds. The molecule has 0 spiro atoms. The van der Waals surface area contributed by atoms with E-state index in [9.17, 15) is 16.8 Å². The zero-order valence-electron chi connectivity index (χ0n) is 16.6. The minimum absolute atomic E-state index is 0.0441. The van der Waals surface area contributed by atoms with Crippen LogP contribution in [0.3, 0.4) is 0 Å². The molecule has 0 aromatic heterocycles. The monoisotopic (exact) mass is 444 g/mol. The molecule has 0 unspecified atom stereocenters. The Bertz CT molecular complexity index is 925. The van der Waals surface area contributed by atoms with E-state index in [1.54, 1.807) is 24.3 Å². The van der Waals surface area contributed by atoms with Crippen molar-refractivity contribution in [3.63, 3.8) is 0 Å². The molecule has 8 nitrogen and oxygen atoms in total. The Balaban J connectivity index is 2.12. The third-order valence-corrected chi connectivity index (χ3v) is 6.79. The number of hydrogen-bond donors (Lipinski definition) is 0. The molecule has 2 rings (SSSR count). The van der Waals surface area contributed by atoms with E-state index in [2.05, 4.69) is 0 Å². The standard InChI is InChI=1S/C19H24O8S2/c1-15-5-9-17(10-6-15)28(20,21)26-13-19(24-3,25-4)14-27-29(22,23)18-11-7-16(2)8-12-18/h5-12H,13-14H2,1-4H3. The number of benzene rings is 2. The van der Waals surface area contributed by atoms with E-state index < -0.39 is 39.2 Å². The van der Waals surface area contributed by atoms with Gasteiger partial charge in [-0.05, 0) is 38.1 Å². The molecular formula is C19H24O8S2. The second kappa shape index (κ2) is 9.33. The molecule has 2 aromatic carbocycles. The van der Waals surface area contributed by atoms with Crippen molar-refractivity contribution in [2.24, 2.45) is 0 Å². The third kappa shape index (κ3) is 6.08. The summed E-state index contributed by atoms with van der Waals surface area (Å²) in [5.41, 5.74) is 1.78. The highest BCUT2D eigenvalue weighted by atomic mass is 32.2. The number of hydrogen-bond acceptors (Lipinski definition) is 8. The average Bonchev–Trinajstić information content (AvgIpc) is 2.69. The van der Waals surface area contributed by atoms with Gasteiger partial charge in [0.25, 0.3) is 20.2 Å². The lowest BCUT2D eigenvalue weighted by molar-refractivity contribution is -0.235. The van der Waals surface area contributed by atoms with Gasteiger partial charge in [0.1, 0.15) is 13.2 Å². The molecule has 0 radical (unpaired) electrons. The summed E-state index contributed by atoms with van der Waals surface area (Å²) in [6.45, 7) is 2.42. The van der Waals surface area contributed by atoms with E-state index >= 15 is 0 Å². The smallest absolute Gasteiger partial charge is 0.297 e. The van der Waals surface area contributed by atoms with E-state index in [4.69, 9.17) is 17.8 Å². The summed E-state index contributed by atoms with van der Waals surface area (Å²) in [5.74, 6) is -1.75. The van der Waals surface area contributed by atoms with Crippen LogP contribution in [0.1, 0.15) is 11.1 Å². The molecule has 2 aromatic rings. The van der Waals surface area contributed by atoms with Crippen molar-refractivity contribution in [1.82, 2.24) is 0 Å². The first-order chi connectivity index (χ1) is 13.5. The van der Waals surface area contributed by atoms with Gasteiger partial charge in [0.05, 0.1) is 9.79 Å². The van der Waals surface area contributed by atoms with E-state index in [-0.39, 0.29) is 9.79 Å². The SMILES string of the molecule is COC(COS(=O)(=O)c1ccc(C)cc1)(COS(=O)(=O)c1ccc(C)cc1)OC. The minimum atomic E-state index is -4.11. The van der Waals surface area contributed by atoms with Crippen molar-refractivity contribution in [2.45, 2.75) is 29.4 Å². The van der Waals surface area contributed by atoms with E-state index in [1.165, 1.54) is 38.5 Å². The highest BCUT2D eigenvalue weighted by Crippen LogP contribution is 2.21. The fourth-order valence-electron chi connectivity index (χ4n) is 2.24. The van der Waals surface area contributed by atoms with Crippen LogP contribution in [0.5, 0.6) is 0 Å². The van der Waals surface area contributed by atoms with Gasteiger partial charge < -0.3 is 9.47 Å². The zero-order chi connectivity index (χ0) is 21.7. The minimum Gasteiger partial charge on any atom is -0.349 e. The summed E-state index contributed by atoms with van der Waals surface area (Å²) >= 11 is 0. The Kier molecular flexibility index (Phi) is 7.55. The maximum atomic E-state index is 12.4. The van der Waals surface area contributed by atoms with Crippen LogP contribution in [-0.4, -0.2) is 50.1 Å². The van der Waals surface area contributed by atoms with Crippen molar-refractivity contribution < 1.29 is 34.7 Å². The van der Waals surface area contributed by atoms with Crippen molar-refractivity contribution in [1.29, 1.82) is 0 Å². The van der Waals surface area contributed by atoms with Crippen LogP contribution >= 0.6 is 0 Å². The summed E-state index contributed by atoms with van der Waals surface area (Å²) < 4.78 is 70.0. The predicted octanol–water partition coefficient (Wildman–Crippen LogP) is 2.40. The number of ether oxygens (including phenoxy) is 2. The van der Waals surface area contributed by atoms with E-state index in [0.717, 1.165) is 11.1 Å². The van der Waals surface area contributed by atoms with Crippen molar-refractivity contribution >= 4 is 20.2 Å². The van der Waals surface area contributed by atoms with Crippen molar-refractivity contribution in [3.8, 4) is 0 Å². The highest BCUT2D eigenvalue weighted by Gasteiger charge is 2.36. The van der Waals surface area contributed by atoms with Crippen LogP contribution in [0, 0.1) is 13.8 Å². The second-order valence-corrected chi connectivity index (χ2v) is 9.61. The first kappa shape index (κ1) is 23.5. The molecule has 0 saturated carbocycles. The molecule has 160 valence electrons. The molecular weight excluding hydrogens is 420 g/mol. The summed E-state index contributed by atoms with van der Waals surface area (Å²) in [6.07, 6.45) is 0. The van der Waals surface area contributed by atoms with Gasteiger partial charge in [-0.25, -0.2) is 0 Å². The van der Waals surface area contributed by atoms with Crippen LogP contribution in [0.25, 0.3) is 0 Å². The summed E-state index contributed by atoms with van der Waals surface area (Å²) in [4.78, 5) is -0.0881. The van der Waals surface area contributed by atoms with Gasteiger partial charge in [-0.1, -0.05) is 35.4 Å². The Morgan fingerprint density at radius 3 is 1.24 bits per heavy atom. The molecule has 0 N–H and O–H groups in total. The molecule has 0 aliphatic rings. The second-order valence-electron chi connectivity index (χ2n) is 6.38. The molecule has 29 heavy (non-hydrogen) atoms. The summed E-state index contributed by atoms with van der Waals surface area (Å²) in [5, 5.41) is 0. The molecule has 0 atom stereocenters. The fraction of sp³-hybridized carbons (Fsp3) is 0.368. The van der Waals surface area contributed by atoms with Gasteiger partial charge >= 0.3 is 0 Å². The predicted molar refractivity (Wildman–Crippen MR) is 105 cm³/mol. The number of methoxy groups -OCH3 is 2. The van der Waals surface area contributed by atoms with Gasteiger partial charge in [0.2, 0.25) is 5.79 Å². The van der Waals surface area contributed by atoms with Crippen LogP contribution in [-0.2, 0) is 38.1 Å². The lowest BCUT2D eigenvalue weighted by Crippen LogP contribution is -2.45. The molecule has 10 heteroatoms. The van der Waals surface area contributed by atoms with Crippen LogP contribution in [0.15, 0.2) is 58.3 Å². The summed E-state index contributed by atoms with van der Waals surface area (Å²) in [7, 11) is -5.75. The van der Waals surface area contributed by atoms with Crippen LogP contribution < -0.4 is 0 Å². The normalized spacial score (nSPS) is 12.8. The fourth-order valence-corrected chi connectivity index (χ4v) is 4.12. The molecule has 0 bridgehead atoms. The molecule has 0 aliphatic carbocycles. The lowest BCUT2D eigenvalue weighted by Gasteiger charge is -2.29. The van der Waals surface area contributed by atoms with Gasteiger partial charge in [0.15, 0.2) is 0 Å². The topological polar surface area (TPSA) is 105 Å². The Morgan fingerprint density at radius 1 is 0.655 bits per heavy atom. The molecule has 0 saturated heterocycles. The van der Waals surface area contributed by atoms with Gasteiger partial charge in [0, 0.05) is 14.2 Å². The van der Waals surface area contributed by atoms with Crippen LogP contribution in [0.4, 0.5) is 0 Å². The molecule has 0 aliphatic heterocycles.